The Bertz CT molecular complexity index is 917. The average Bonchev–Trinajstić information content (AvgIpc) is 3.40. The van der Waals surface area contributed by atoms with E-state index in [9.17, 15) is 4.79 Å². The Labute approximate surface area is 163 Å². The lowest BCUT2D eigenvalue weighted by molar-refractivity contribution is -0.133. The molecule has 0 radical (unpaired) electrons. The zero-order valence-electron chi connectivity index (χ0n) is 15.6. The van der Waals surface area contributed by atoms with Crippen LogP contribution in [0.2, 0.25) is 0 Å². The van der Waals surface area contributed by atoms with E-state index in [0.717, 1.165) is 35.2 Å². The summed E-state index contributed by atoms with van der Waals surface area (Å²) in [6.07, 6.45) is 4.91. The van der Waals surface area contributed by atoms with Gasteiger partial charge in [0, 0.05) is 17.0 Å². The van der Waals surface area contributed by atoms with Crippen molar-refractivity contribution in [1.29, 1.82) is 0 Å². The first-order valence-corrected chi connectivity index (χ1v) is 10.4. The summed E-state index contributed by atoms with van der Waals surface area (Å²) in [5, 5.41) is 4.29. The Morgan fingerprint density at radius 3 is 2.78 bits per heavy atom. The molecular formula is C22H24N2O2S. The highest BCUT2D eigenvalue weighted by atomic mass is 32.1. The zero-order chi connectivity index (χ0) is 18.6. The smallest absolute Gasteiger partial charge is 0.229 e. The summed E-state index contributed by atoms with van der Waals surface area (Å²) >= 11 is 1.54. The molecule has 0 bridgehead atoms. The molecule has 2 aromatic carbocycles. The summed E-state index contributed by atoms with van der Waals surface area (Å²) in [6, 6.07) is 12.7. The number of hydrogen-bond donors (Lipinski definition) is 0. The number of nitrogens with zero attached hydrogens (tertiary/aromatic N) is 2. The summed E-state index contributed by atoms with van der Waals surface area (Å²) in [5.74, 6) is 1.00. The van der Waals surface area contributed by atoms with Gasteiger partial charge < -0.3 is 9.64 Å². The van der Waals surface area contributed by atoms with Crippen LogP contribution in [0.25, 0.3) is 10.8 Å². The van der Waals surface area contributed by atoms with Crippen molar-refractivity contribution in [2.75, 3.05) is 7.11 Å². The lowest BCUT2D eigenvalue weighted by atomic mass is 10.0. The number of benzene rings is 2. The Morgan fingerprint density at radius 1 is 1.22 bits per heavy atom. The fourth-order valence-electron chi connectivity index (χ4n) is 4.06. The van der Waals surface area contributed by atoms with Crippen LogP contribution >= 0.6 is 11.3 Å². The lowest BCUT2D eigenvalue weighted by Gasteiger charge is -2.30. The van der Waals surface area contributed by atoms with Crippen molar-refractivity contribution in [3.8, 4) is 5.75 Å². The predicted octanol–water partition coefficient (Wildman–Crippen LogP) is 4.82. The van der Waals surface area contributed by atoms with E-state index in [1.165, 1.54) is 29.6 Å². The first kappa shape index (κ1) is 18.0. The molecule has 0 aliphatic heterocycles. The van der Waals surface area contributed by atoms with E-state index < -0.39 is 0 Å². The van der Waals surface area contributed by atoms with Gasteiger partial charge in [-0.2, -0.15) is 0 Å². The molecule has 1 aromatic heterocycles. The lowest BCUT2D eigenvalue weighted by Crippen LogP contribution is -2.39. The number of fused-ring (bicyclic) bond motifs is 1. The largest absolute Gasteiger partial charge is 0.496 e. The van der Waals surface area contributed by atoms with Gasteiger partial charge in [0.2, 0.25) is 5.91 Å². The van der Waals surface area contributed by atoms with Crippen LogP contribution in [0.1, 0.15) is 36.9 Å². The Balaban J connectivity index is 1.69. The van der Waals surface area contributed by atoms with Gasteiger partial charge in [0.15, 0.2) is 0 Å². The van der Waals surface area contributed by atoms with Crippen LogP contribution in [0.15, 0.2) is 47.3 Å². The van der Waals surface area contributed by atoms with Gasteiger partial charge in [-0.25, -0.2) is 4.98 Å². The molecule has 1 saturated carbocycles. The maximum atomic E-state index is 13.2. The van der Waals surface area contributed by atoms with Crippen molar-refractivity contribution in [3.05, 3.63) is 58.5 Å². The van der Waals surface area contributed by atoms with E-state index in [-0.39, 0.29) is 5.91 Å². The van der Waals surface area contributed by atoms with Crippen LogP contribution in [0.4, 0.5) is 0 Å². The van der Waals surface area contributed by atoms with E-state index in [4.69, 9.17) is 4.74 Å². The number of ether oxygens (including phenoxy) is 1. The van der Waals surface area contributed by atoms with E-state index in [1.807, 2.05) is 23.6 Å². The highest BCUT2D eigenvalue weighted by Crippen LogP contribution is 2.32. The number of amides is 1. The quantitative estimate of drug-likeness (QED) is 0.616. The molecule has 0 N–H and O–H groups in total. The second kappa shape index (κ2) is 8.09. The van der Waals surface area contributed by atoms with Crippen LogP contribution in [-0.4, -0.2) is 28.9 Å². The molecule has 5 heteroatoms. The molecule has 1 amide bonds. The molecule has 0 spiro atoms. The van der Waals surface area contributed by atoms with Crippen molar-refractivity contribution in [2.24, 2.45) is 0 Å². The SMILES string of the molecule is COc1ccc2ccccc2c1CN(C(=O)Cc1cscn1)C1CCCC1. The first-order chi connectivity index (χ1) is 13.3. The molecular weight excluding hydrogens is 356 g/mol. The second-order valence-corrected chi connectivity index (χ2v) is 7.80. The molecule has 140 valence electrons. The summed E-state index contributed by atoms with van der Waals surface area (Å²) in [7, 11) is 1.70. The number of methoxy groups -OCH3 is 1. The van der Waals surface area contributed by atoms with Crippen molar-refractivity contribution < 1.29 is 9.53 Å². The molecule has 27 heavy (non-hydrogen) atoms. The third-order valence-corrected chi connectivity index (χ3v) is 6.08. The molecule has 1 aliphatic carbocycles. The number of thiazole rings is 1. The minimum absolute atomic E-state index is 0.155. The molecule has 1 fully saturated rings. The minimum Gasteiger partial charge on any atom is -0.496 e. The Kier molecular flexibility index (Phi) is 5.39. The molecule has 4 rings (SSSR count). The number of aromatic nitrogens is 1. The monoisotopic (exact) mass is 380 g/mol. The van der Waals surface area contributed by atoms with Crippen molar-refractivity contribution >= 4 is 28.0 Å². The van der Waals surface area contributed by atoms with E-state index in [2.05, 4.69) is 28.1 Å². The maximum Gasteiger partial charge on any atom is 0.229 e. The zero-order valence-corrected chi connectivity index (χ0v) is 16.4. The van der Waals surface area contributed by atoms with Gasteiger partial charge in [0.05, 0.1) is 31.3 Å². The van der Waals surface area contributed by atoms with Crippen molar-refractivity contribution in [3.63, 3.8) is 0 Å². The van der Waals surface area contributed by atoms with Crippen LogP contribution in [0.5, 0.6) is 5.75 Å². The Hall–Kier alpha value is -2.40. The molecule has 4 nitrogen and oxygen atoms in total. The number of carbonyl (C=O) groups excluding carboxylic acids is 1. The number of hydrogen-bond acceptors (Lipinski definition) is 4. The molecule has 3 aromatic rings. The van der Waals surface area contributed by atoms with Crippen LogP contribution in [0, 0.1) is 0 Å². The van der Waals surface area contributed by atoms with Gasteiger partial charge in [-0.1, -0.05) is 43.2 Å². The van der Waals surface area contributed by atoms with Gasteiger partial charge in [0.1, 0.15) is 5.75 Å². The van der Waals surface area contributed by atoms with Crippen LogP contribution < -0.4 is 4.74 Å². The van der Waals surface area contributed by atoms with E-state index in [1.54, 1.807) is 12.6 Å². The fraction of sp³-hybridized carbons (Fsp3) is 0.364. The summed E-state index contributed by atoms with van der Waals surface area (Å²) in [6.45, 7) is 0.582. The third kappa shape index (κ3) is 3.83. The van der Waals surface area contributed by atoms with Crippen molar-refractivity contribution in [1.82, 2.24) is 9.88 Å². The summed E-state index contributed by atoms with van der Waals surface area (Å²) in [5.41, 5.74) is 3.74. The average molecular weight is 381 g/mol. The van der Waals surface area contributed by atoms with E-state index in [0.29, 0.717) is 19.0 Å². The van der Waals surface area contributed by atoms with Crippen LogP contribution in [-0.2, 0) is 17.8 Å². The molecule has 0 unspecified atom stereocenters. The predicted molar refractivity (Wildman–Crippen MR) is 109 cm³/mol. The van der Waals surface area contributed by atoms with Gasteiger partial charge in [-0.05, 0) is 29.7 Å². The number of carbonyl (C=O) groups is 1. The summed E-state index contributed by atoms with van der Waals surface area (Å²) in [4.78, 5) is 19.6. The summed E-state index contributed by atoms with van der Waals surface area (Å²) < 4.78 is 5.65. The highest BCUT2D eigenvalue weighted by molar-refractivity contribution is 7.07. The molecule has 0 atom stereocenters. The van der Waals surface area contributed by atoms with E-state index >= 15 is 0 Å². The first-order valence-electron chi connectivity index (χ1n) is 9.47. The standard InChI is InChI=1S/C22H24N2O2S/c1-26-21-11-10-16-6-2-5-9-19(16)20(21)13-24(18-7-3-4-8-18)22(25)12-17-14-27-15-23-17/h2,5-6,9-11,14-15,18H,3-4,7-8,12-13H2,1H3. The third-order valence-electron chi connectivity index (χ3n) is 5.45. The normalized spacial score (nSPS) is 14.6. The van der Waals surface area contributed by atoms with Gasteiger partial charge in [-0.15, -0.1) is 11.3 Å². The van der Waals surface area contributed by atoms with Crippen LogP contribution in [0.3, 0.4) is 0 Å². The second-order valence-electron chi connectivity index (χ2n) is 7.08. The fourth-order valence-corrected chi connectivity index (χ4v) is 4.62. The topological polar surface area (TPSA) is 42.4 Å². The van der Waals surface area contributed by atoms with Gasteiger partial charge in [0.25, 0.3) is 0 Å². The molecule has 1 aliphatic rings. The maximum absolute atomic E-state index is 13.2. The number of rotatable bonds is 6. The van der Waals surface area contributed by atoms with Crippen molar-refractivity contribution in [2.45, 2.75) is 44.7 Å². The molecule has 1 heterocycles. The molecule has 0 saturated heterocycles. The van der Waals surface area contributed by atoms with Gasteiger partial charge in [-0.3, -0.25) is 4.79 Å². The minimum atomic E-state index is 0.155. The van der Waals surface area contributed by atoms with Gasteiger partial charge >= 0.3 is 0 Å². The Morgan fingerprint density at radius 2 is 2.04 bits per heavy atom. The highest BCUT2D eigenvalue weighted by Gasteiger charge is 2.28.